The number of rotatable bonds is 4. The van der Waals surface area contributed by atoms with Gasteiger partial charge in [-0.25, -0.2) is 4.90 Å². The van der Waals surface area contributed by atoms with Gasteiger partial charge in [0.15, 0.2) is 0 Å². The van der Waals surface area contributed by atoms with Gasteiger partial charge in [0.25, 0.3) is 11.1 Å². The molecule has 4 bridgehead atoms. The first-order chi connectivity index (χ1) is 15.9. The molecule has 1 saturated heterocycles. The van der Waals surface area contributed by atoms with E-state index in [2.05, 4.69) is 12.1 Å². The van der Waals surface area contributed by atoms with Crippen LogP contribution >= 0.6 is 23.4 Å². The van der Waals surface area contributed by atoms with Crippen LogP contribution in [0.5, 0.6) is 5.75 Å². The Morgan fingerprint density at radius 3 is 2.36 bits per heavy atom. The van der Waals surface area contributed by atoms with Gasteiger partial charge >= 0.3 is 0 Å². The zero-order chi connectivity index (χ0) is 22.7. The summed E-state index contributed by atoms with van der Waals surface area (Å²) in [6.07, 6.45) is 9.84. The van der Waals surface area contributed by atoms with Crippen LogP contribution < -0.4 is 9.64 Å². The molecule has 2 amide bonds. The Morgan fingerprint density at radius 1 is 1.03 bits per heavy atom. The smallest absolute Gasteiger partial charge is 0.298 e. The van der Waals surface area contributed by atoms with Crippen LogP contribution in [0.4, 0.5) is 10.5 Å². The number of hydrogen-bond acceptors (Lipinski definition) is 4. The van der Waals surface area contributed by atoms with E-state index in [1.54, 1.807) is 31.4 Å². The first-order valence-corrected chi connectivity index (χ1v) is 12.9. The molecule has 0 radical (unpaired) electrons. The topological polar surface area (TPSA) is 46.6 Å². The van der Waals surface area contributed by atoms with Crippen LogP contribution in [0.15, 0.2) is 47.4 Å². The summed E-state index contributed by atoms with van der Waals surface area (Å²) in [5.74, 6) is 2.97. The predicted molar refractivity (Wildman–Crippen MR) is 133 cm³/mol. The van der Waals surface area contributed by atoms with Gasteiger partial charge in [0.2, 0.25) is 0 Å². The monoisotopic (exact) mass is 479 g/mol. The van der Waals surface area contributed by atoms with E-state index in [1.807, 2.05) is 12.1 Å². The van der Waals surface area contributed by atoms with E-state index in [0.717, 1.165) is 40.8 Å². The van der Waals surface area contributed by atoms with E-state index in [-0.39, 0.29) is 16.6 Å². The highest BCUT2D eigenvalue weighted by atomic mass is 35.5. The van der Waals surface area contributed by atoms with Crippen molar-refractivity contribution < 1.29 is 14.3 Å². The molecule has 0 aromatic heterocycles. The van der Waals surface area contributed by atoms with Crippen LogP contribution in [0, 0.1) is 17.8 Å². The highest BCUT2D eigenvalue weighted by Crippen LogP contribution is 2.61. The number of amides is 2. The third-order valence-electron chi connectivity index (χ3n) is 8.03. The molecule has 2 aromatic rings. The van der Waals surface area contributed by atoms with Crippen molar-refractivity contribution in [3.05, 3.63) is 63.5 Å². The molecule has 0 spiro atoms. The second-order valence-electron chi connectivity index (χ2n) is 10.2. The van der Waals surface area contributed by atoms with Crippen LogP contribution in [-0.2, 0) is 10.2 Å². The van der Waals surface area contributed by atoms with Gasteiger partial charge < -0.3 is 4.74 Å². The summed E-state index contributed by atoms with van der Waals surface area (Å²) in [6.45, 7) is 0. The highest BCUT2D eigenvalue weighted by molar-refractivity contribution is 8.19. The van der Waals surface area contributed by atoms with E-state index >= 15 is 0 Å². The van der Waals surface area contributed by atoms with Crippen molar-refractivity contribution in [1.82, 2.24) is 0 Å². The molecule has 6 heteroatoms. The van der Waals surface area contributed by atoms with Gasteiger partial charge in [-0.2, -0.15) is 0 Å². The van der Waals surface area contributed by atoms with E-state index < -0.39 is 0 Å². The molecule has 7 rings (SSSR count). The largest absolute Gasteiger partial charge is 0.496 e. The molecule has 5 fully saturated rings. The fourth-order valence-electron chi connectivity index (χ4n) is 7.09. The molecule has 1 heterocycles. The second-order valence-corrected chi connectivity index (χ2v) is 11.6. The SMILES string of the molecule is COc1ccc(C23CC4CC(CC(C4)C2)C3)cc1/C=C1\SC(=O)N(c2cccc(Cl)c2)C1=O. The number of carbonyl (C=O) groups excluding carboxylic acids is 2. The molecular formula is C27H26ClNO3S. The Labute approximate surface area is 203 Å². The summed E-state index contributed by atoms with van der Waals surface area (Å²) in [5, 5.41) is 0.171. The summed E-state index contributed by atoms with van der Waals surface area (Å²) >= 11 is 7.05. The van der Waals surface area contributed by atoms with Gasteiger partial charge in [0, 0.05) is 10.6 Å². The van der Waals surface area contributed by atoms with Crippen LogP contribution in [0.3, 0.4) is 0 Å². The Bertz CT molecular complexity index is 1150. The van der Waals surface area contributed by atoms with Gasteiger partial charge in [-0.1, -0.05) is 23.7 Å². The van der Waals surface area contributed by atoms with Crippen molar-refractivity contribution >= 4 is 46.3 Å². The average Bonchev–Trinajstić information content (AvgIpc) is 3.05. The number of anilines is 1. The maximum absolute atomic E-state index is 13.2. The van der Waals surface area contributed by atoms with Crippen LogP contribution in [0.2, 0.25) is 5.02 Å². The minimum atomic E-state index is -0.325. The van der Waals surface area contributed by atoms with Crippen molar-refractivity contribution in [2.45, 2.75) is 43.9 Å². The number of ether oxygens (including phenoxy) is 1. The normalized spacial score (nSPS) is 31.6. The first-order valence-electron chi connectivity index (χ1n) is 11.7. The Balaban J connectivity index is 1.36. The third-order valence-corrected chi connectivity index (χ3v) is 9.13. The van der Waals surface area contributed by atoms with Crippen LogP contribution in [0.25, 0.3) is 6.08 Å². The minimum Gasteiger partial charge on any atom is -0.496 e. The predicted octanol–water partition coefficient (Wildman–Crippen LogP) is 7.06. The fourth-order valence-corrected chi connectivity index (χ4v) is 8.10. The van der Waals surface area contributed by atoms with E-state index in [9.17, 15) is 9.59 Å². The number of imide groups is 1. The van der Waals surface area contributed by atoms with E-state index in [4.69, 9.17) is 16.3 Å². The van der Waals surface area contributed by atoms with Crippen molar-refractivity contribution in [3.8, 4) is 5.75 Å². The molecule has 4 aliphatic carbocycles. The lowest BCUT2D eigenvalue weighted by molar-refractivity contribution is -0.113. The molecule has 0 N–H and O–H groups in total. The molecule has 33 heavy (non-hydrogen) atoms. The summed E-state index contributed by atoms with van der Waals surface area (Å²) in [6, 6.07) is 13.3. The van der Waals surface area contributed by atoms with Crippen LogP contribution in [-0.4, -0.2) is 18.3 Å². The molecule has 0 atom stereocenters. The number of nitrogens with zero attached hydrogens (tertiary/aromatic N) is 1. The number of thioether (sulfide) groups is 1. The second kappa shape index (κ2) is 7.92. The van der Waals surface area contributed by atoms with Crippen molar-refractivity contribution in [2.24, 2.45) is 17.8 Å². The van der Waals surface area contributed by atoms with E-state index in [0.29, 0.717) is 15.6 Å². The number of carbonyl (C=O) groups is 2. The summed E-state index contributed by atoms with van der Waals surface area (Å²) in [5.41, 5.74) is 2.97. The lowest BCUT2D eigenvalue weighted by Crippen LogP contribution is -2.48. The highest BCUT2D eigenvalue weighted by Gasteiger charge is 2.51. The molecule has 5 aliphatic rings. The number of benzene rings is 2. The lowest BCUT2D eigenvalue weighted by atomic mass is 9.48. The summed E-state index contributed by atoms with van der Waals surface area (Å²) in [4.78, 5) is 27.5. The summed E-state index contributed by atoms with van der Waals surface area (Å²) < 4.78 is 5.64. The van der Waals surface area contributed by atoms with Crippen LogP contribution in [0.1, 0.15) is 49.7 Å². The van der Waals surface area contributed by atoms with Gasteiger partial charge in [0.05, 0.1) is 17.7 Å². The van der Waals surface area contributed by atoms with Gasteiger partial charge in [-0.3, -0.25) is 9.59 Å². The Morgan fingerprint density at radius 2 is 1.73 bits per heavy atom. The average molecular weight is 480 g/mol. The quantitative estimate of drug-likeness (QED) is 0.440. The fraction of sp³-hybridized carbons (Fsp3) is 0.407. The molecule has 4 nitrogen and oxygen atoms in total. The molecule has 1 aliphatic heterocycles. The Hall–Kier alpha value is -2.24. The zero-order valence-electron chi connectivity index (χ0n) is 18.6. The maximum atomic E-state index is 13.2. The minimum absolute atomic E-state index is 0.254. The van der Waals surface area contributed by atoms with E-state index in [1.165, 1.54) is 49.0 Å². The van der Waals surface area contributed by atoms with Crippen molar-refractivity contribution in [1.29, 1.82) is 0 Å². The maximum Gasteiger partial charge on any atom is 0.298 e. The first kappa shape index (κ1) is 21.3. The van der Waals surface area contributed by atoms with Crippen molar-refractivity contribution in [3.63, 3.8) is 0 Å². The molecular weight excluding hydrogens is 454 g/mol. The lowest BCUT2D eigenvalue weighted by Gasteiger charge is -2.57. The Kier molecular flexibility index (Phi) is 5.11. The zero-order valence-corrected chi connectivity index (χ0v) is 20.1. The van der Waals surface area contributed by atoms with Crippen molar-refractivity contribution in [2.75, 3.05) is 12.0 Å². The van der Waals surface area contributed by atoms with Gasteiger partial charge in [0.1, 0.15) is 5.75 Å². The molecule has 4 saturated carbocycles. The van der Waals surface area contributed by atoms with Gasteiger partial charge in [-0.15, -0.1) is 0 Å². The molecule has 0 unspecified atom stereocenters. The summed E-state index contributed by atoms with van der Waals surface area (Å²) in [7, 11) is 1.65. The number of halogens is 1. The van der Waals surface area contributed by atoms with Gasteiger partial charge in [-0.05, 0) is 115 Å². The number of methoxy groups -OCH3 is 1. The number of hydrogen-bond donors (Lipinski definition) is 0. The standard InChI is InChI=1S/C27H26ClNO3S/c1-32-23-6-5-20(27-13-16-7-17(14-27)9-18(8-16)15-27)10-19(23)11-24-25(30)29(26(31)33-24)22-4-2-3-21(28)12-22/h2-6,10-12,16-18H,7-9,13-15H2,1H3/b24-11-. The molecule has 2 aromatic carbocycles. The third kappa shape index (κ3) is 3.60. The molecule has 170 valence electrons.